The summed E-state index contributed by atoms with van der Waals surface area (Å²) < 4.78 is 19.8. The van der Waals surface area contributed by atoms with Gasteiger partial charge in [-0.15, -0.1) is 0 Å². The zero-order chi connectivity index (χ0) is 18.7. The SMILES string of the molecule is CC1CCCC(C)N1C(=O)COC(=O)C1(c2ccccc2F)CCCC1. The maximum Gasteiger partial charge on any atom is 0.317 e. The van der Waals surface area contributed by atoms with Crippen molar-refractivity contribution in [3.8, 4) is 0 Å². The van der Waals surface area contributed by atoms with Crippen LogP contribution in [-0.2, 0) is 19.7 Å². The van der Waals surface area contributed by atoms with E-state index in [4.69, 9.17) is 4.74 Å². The van der Waals surface area contributed by atoms with E-state index in [-0.39, 0.29) is 30.4 Å². The van der Waals surface area contributed by atoms with Crippen LogP contribution in [0.5, 0.6) is 0 Å². The second kappa shape index (κ2) is 7.77. The van der Waals surface area contributed by atoms with E-state index >= 15 is 0 Å². The minimum absolute atomic E-state index is 0.153. The van der Waals surface area contributed by atoms with Crippen LogP contribution in [0.2, 0.25) is 0 Å². The van der Waals surface area contributed by atoms with E-state index in [2.05, 4.69) is 0 Å². The number of piperidine rings is 1. The van der Waals surface area contributed by atoms with Gasteiger partial charge in [-0.3, -0.25) is 9.59 Å². The Morgan fingerprint density at radius 1 is 1.12 bits per heavy atom. The first-order valence-corrected chi connectivity index (χ1v) is 9.69. The van der Waals surface area contributed by atoms with E-state index in [1.165, 1.54) is 6.07 Å². The molecule has 2 fully saturated rings. The van der Waals surface area contributed by atoms with Crippen molar-refractivity contribution in [2.45, 2.75) is 76.3 Å². The summed E-state index contributed by atoms with van der Waals surface area (Å²) in [6.45, 7) is 3.81. The first-order valence-electron chi connectivity index (χ1n) is 9.69. The summed E-state index contributed by atoms with van der Waals surface area (Å²) >= 11 is 0. The van der Waals surface area contributed by atoms with Crippen molar-refractivity contribution in [1.82, 2.24) is 4.90 Å². The molecule has 2 atom stereocenters. The van der Waals surface area contributed by atoms with Gasteiger partial charge in [0.05, 0.1) is 5.41 Å². The van der Waals surface area contributed by atoms with E-state index < -0.39 is 11.4 Å². The molecule has 0 radical (unpaired) electrons. The molecular formula is C21H28FNO3. The Kier molecular flexibility index (Phi) is 5.64. The standard InChI is InChI=1S/C21H28FNO3/c1-15-8-7-9-16(2)23(15)19(24)14-26-20(25)21(12-5-6-13-21)17-10-3-4-11-18(17)22/h3-4,10-11,15-16H,5-9,12-14H2,1-2H3. The number of hydrogen-bond donors (Lipinski definition) is 0. The summed E-state index contributed by atoms with van der Waals surface area (Å²) in [5.41, 5.74) is -0.556. The normalized spacial score (nSPS) is 25.1. The molecule has 26 heavy (non-hydrogen) atoms. The number of nitrogens with zero attached hydrogens (tertiary/aromatic N) is 1. The molecule has 2 aliphatic rings. The molecular weight excluding hydrogens is 333 g/mol. The van der Waals surface area contributed by atoms with E-state index in [0.29, 0.717) is 18.4 Å². The average molecular weight is 361 g/mol. The second-order valence-electron chi connectivity index (χ2n) is 7.78. The monoisotopic (exact) mass is 361 g/mol. The Morgan fingerprint density at radius 2 is 1.73 bits per heavy atom. The fourth-order valence-corrected chi connectivity index (χ4v) is 4.66. The molecule has 3 rings (SSSR count). The lowest BCUT2D eigenvalue weighted by Crippen LogP contribution is -2.49. The summed E-state index contributed by atoms with van der Waals surface area (Å²) in [7, 11) is 0. The Hall–Kier alpha value is -1.91. The van der Waals surface area contributed by atoms with Gasteiger partial charge in [0.15, 0.2) is 6.61 Å². The number of hydrogen-bond acceptors (Lipinski definition) is 3. The molecule has 0 aromatic heterocycles. The Bertz CT molecular complexity index is 659. The minimum atomic E-state index is -0.954. The quantitative estimate of drug-likeness (QED) is 0.763. The number of halogens is 1. The fourth-order valence-electron chi connectivity index (χ4n) is 4.66. The first kappa shape index (κ1) is 18.9. The fraction of sp³-hybridized carbons (Fsp3) is 0.619. The van der Waals surface area contributed by atoms with Crippen molar-refractivity contribution < 1.29 is 18.7 Å². The van der Waals surface area contributed by atoms with Crippen molar-refractivity contribution in [1.29, 1.82) is 0 Å². The topological polar surface area (TPSA) is 46.6 Å². The van der Waals surface area contributed by atoms with Gasteiger partial charge in [-0.2, -0.15) is 0 Å². The van der Waals surface area contributed by atoms with Crippen LogP contribution in [0.3, 0.4) is 0 Å². The largest absolute Gasteiger partial charge is 0.455 e. The van der Waals surface area contributed by atoms with Crippen molar-refractivity contribution in [2.75, 3.05) is 6.61 Å². The maximum atomic E-state index is 14.4. The number of esters is 1. The van der Waals surface area contributed by atoms with Gasteiger partial charge < -0.3 is 9.64 Å². The smallest absolute Gasteiger partial charge is 0.317 e. The van der Waals surface area contributed by atoms with Crippen LogP contribution in [0.25, 0.3) is 0 Å². The van der Waals surface area contributed by atoms with Gasteiger partial charge in [0, 0.05) is 17.6 Å². The van der Waals surface area contributed by atoms with Gasteiger partial charge in [-0.05, 0) is 52.0 Å². The highest BCUT2D eigenvalue weighted by atomic mass is 19.1. The zero-order valence-electron chi connectivity index (χ0n) is 15.7. The number of carbonyl (C=O) groups is 2. The lowest BCUT2D eigenvalue weighted by molar-refractivity contribution is -0.159. The van der Waals surface area contributed by atoms with Crippen LogP contribution < -0.4 is 0 Å². The number of likely N-dealkylation sites (tertiary alicyclic amines) is 1. The highest BCUT2D eigenvalue weighted by molar-refractivity contribution is 5.87. The molecule has 1 heterocycles. The molecule has 5 heteroatoms. The number of rotatable bonds is 4. The lowest BCUT2D eigenvalue weighted by atomic mass is 9.78. The maximum absolute atomic E-state index is 14.4. The van der Waals surface area contributed by atoms with Crippen molar-refractivity contribution >= 4 is 11.9 Å². The van der Waals surface area contributed by atoms with Crippen LogP contribution in [0.15, 0.2) is 24.3 Å². The summed E-state index contributed by atoms with van der Waals surface area (Å²) in [5.74, 6) is -0.999. The molecule has 0 spiro atoms. The Morgan fingerprint density at radius 3 is 2.35 bits per heavy atom. The van der Waals surface area contributed by atoms with Crippen LogP contribution in [0.1, 0.15) is 64.4 Å². The zero-order valence-corrected chi connectivity index (χ0v) is 15.7. The highest BCUT2D eigenvalue weighted by Gasteiger charge is 2.46. The van der Waals surface area contributed by atoms with Crippen LogP contribution in [0, 0.1) is 5.82 Å². The van der Waals surface area contributed by atoms with Crippen molar-refractivity contribution in [2.24, 2.45) is 0 Å². The van der Waals surface area contributed by atoms with E-state index in [9.17, 15) is 14.0 Å². The molecule has 1 aromatic rings. The van der Waals surface area contributed by atoms with E-state index in [0.717, 1.165) is 32.1 Å². The summed E-state index contributed by atoms with van der Waals surface area (Å²) in [6, 6.07) is 6.74. The predicted octanol–water partition coefficient (Wildman–Crippen LogP) is 3.97. The molecule has 1 saturated carbocycles. The Labute approximate surface area is 154 Å². The molecule has 1 aliphatic heterocycles. The van der Waals surface area contributed by atoms with E-state index in [1.807, 2.05) is 18.7 Å². The lowest BCUT2D eigenvalue weighted by Gasteiger charge is -2.39. The van der Waals surface area contributed by atoms with Crippen LogP contribution in [0.4, 0.5) is 4.39 Å². The number of amides is 1. The minimum Gasteiger partial charge on any atom is -0.455 e. The average Bonchev–Trinajstić information content (AvgIpc) is 3.11. The summed E-state index contributed by atoms with van der Waals surface area (Å²) in [5, 5.41) is 0. The first-order chi connectivity index (χ1) is 12.5. The van der Waals surface area contributed by atoms with Gasteiger partial charge in [-0.25, -0.2) is 4.39 Å². The molecule has 1 saturated heterocycles. The highest BCUT2D eigenvalue weighted by Crippen LogP contribution is 2.43. The third-order valence-corrected chi connectivity index (χ3v) is 6.05. The van der Waals surface area contributed by atoms with Gasteiger partial charge in [-0.1, -0.05) is 31.0 Å². The predicted molar refractivity (Wildman–Crippen MR) is 97.1 cm³/mol. The Balaban J connectivity index is 1.71. The molecule has 0 N–H and O–H groups in total. The van der Waals surface area contributed by atoms with Gasteiger partial charge in [0.2, 0.25) is 0 Å². The third kappa shape index (κ3) is 3.49. The van der Waals surface area contributed by atoms with Gasteiger partial charge in [0.25, 0.3) is 5.91 Å². The molecule has 0 bridgehead atoms. The summed E-state index contributed by atoms with van der Waals surface area (Å²) in [4.78, 5) is 27.4. The van der Waals surface area contributed by atoms with Gasteiger partial charge in [0.1, 0.15) is 5.82 Å². The number of ether oxygens (including phenoxy) is 1. The molecule has 1 aliphatic carbocycles. The molecule has 1 amide bonds. The van der Waals surface area contributed by atoms with Crippen molar-refractivity contribution in [3.63, 3.8) is 0 Å². The third-order valence-electron chi connectivity index (χ3n) is 6.05. The van der Waals surface area contributed by atoms with Gasteiger partial charge >= 0.3 is 5.97 Å². The van der Waals surface area contributed by atoms with Crippen LogP contribution in [-0.4, -0.2) is 35.5 Å². The van der Waals surface area contributed by atoms with E-state index in [1.54, 1.807) is 18.2 Å². The second-order valence-corrected chi connectivity index (χ2v) is 7.78. The molecule has 1 aromatic carbocycles. The molecule has 2 unspecified atom stereocenters. The number of benzene rings is 1. The molecule has 142 valence electrons. The summed E-state index contributed by atoms with van der Waals surface area (Å²) in [6.07, 6.45) is 5.92. The van der Waals surface area contributed by atoms with Crippen molar-refractivity contribution in [3.05, 3.63) is 35.6 Å². The number of carbonyl (C=O) groups excluding carboxylic acids is 2. The molecule has 4 nitrogen and oxygen atoms in total. The van der Waals surface area contributed by atoms with Crippen LogP contribution >= 0.6 is 0 Å².